The van der Waals surface area contributed by atoms with E-state index in [0.29, 0.717) is 12.6 Å². The Hall–Kier alpha value is -0.430. The molecule has 0 saturated carbocycles. The van der Waals surface area contributed by atoms with Gasteiger partial charge in [-0.2, -0.15) is 0 Å². The number of anilines is 1. The van der Waals surface area contributed by atoms with Gasteiger partial charge in [0.05, 0.1) is 12.2 Å². The predicted molar refractivity (Wildman–Crippen MR) is 84.4 cm³/mol. The second kappa shape index (κ2) is 6.83. The molecule has 2 N–H and O–H groups in total. The number of nitrogens with one attached hydrogen (secondary N) is 2. The second-order valence-electron chi connectivity index (χ2n) is 4.68. The third-order valence-corrected chi connectivity index (χ3v) is 4.40. The highest BCUT2D eigenvalue weighted by Crippen LogP contribution is 2.26. The predicted octanol–water partition coefficient (Wildman–Crippen LogP) is 2.44. The fraction of sp³-hybridized carbons (Fsp3) is 0.462. The van der Waals surface area contributed by atoms with Gasteiger partial charge < -0.3 is 10.6 Å². The molecule has 19 heavy (non-hydrogen) atoms. The number of rotatable bonds is 4. The van der Waals surface area contributed by atoms with E-state index in [1.54, 1.807) is 0 Å². The Balaban J connectivity index is 1.87. The number of carbonyl (C=O) groups is 1. The first-order valence-corrected chi connectivity index (χ1v) is 7.81. The molecule has 104 valence electrons. The van der Waals surface area contributed by atoms with Gasteiger partial charge in [-0.15, -0.1) is 0 Å². The van der Waals surface area contributed by atoms with Crippen molar-refractivity contribution >= 4 is 43.5 Å². The topological polar surface area (TPSA) is 44.4 Å². The fourth-order valence-corrected chi connectivity index (χ4v) is 3.34. The van der Waals surface area contributed by atoms with Crippen LogP contribution in [0, 0.1) is 0 Å². The van der Waals surface area contributed by atoms with E-state index in [0.717, 1.165) is 34.1 Å². The number of hydrogen-bond acceptors (Lipinski definition) is 3. The van der Waals surface area contributed by atoms with Gasteiger partial charge in [-0.3, -0.25) is 9.69 Å². The van der Waals surface area contributed by atoms with Crippen LogP contribution in [0.4, 0.5) is 5.69 Å². The quantitative estimate of drug-likeness (QED) is 0.829. The molecule has 1 atom stereocenters. The summed E-state index contributed by atoms with van der Waals surface area (Å²) in [5, 5.41) is 6.17. The normalized spacial score (nSPS) is 19.6. The number of likely N-dealkylation sites (tertiary alicyclic amines) is 1. The van der Waals surface area contributed by atoms with Gasteiger partial charge in [0, 0.05) is 28.1 Å². The van der Waals surface area contributed by atoms with Crippen molar-refractivity contribution in [3.8, 4) is 0 Å². The number of hydrogen-bond donors (Lipinski definition) is 2. The van der Waals surface area contributed by atoms with Crippen molar-refractivity contribution in [3.05, 3.63) is 27.1 Å². The average molecular weight is 391 g/mol. The summed E-state index contributed by atoms with van der Waals surface area (Å²) in [7, 11) is 1.97. The molecule has 1 amide bonds. The number of likely N-dealkylation sites (N-methyl/N-ethyl adjacent to an activating group) is 1. The first-order valence-electron chi connectivity index (χ1n) is 6.23. The standard InChI is InChI=1S/C13H17Br2N3O/c1-16-10-4-5-18(7-10)8-13(19)17-12-3-2-9(14)6-11(12)15/h2-3,6,10,16H,4-5,7-8H2,1H3,(H,17,19). The van der Waals surface area contributed by atoms with Crippen molar-refractivity contribution in [2.45, 2.75) is 12.5 Å². The molecule has 1 aromatic carbocycles. The van der Waals surface area contributed by atoms with Crippen LogP contribution in [-0.4, -0.2) is 43.5 Å². The van der Waals surface area contributed by atoms with Crippen LogP contribution >= 0.6 is 31.9 Å². The minimum atomic E-state index is 0.0276. The largest absolute Gasteiger partial charge is 0.324 e. The zero-order chi connectivity index (χ0) is 13.8. The molecule has 1 unspecified atom stereocenters. The lowest BCUT2D eigenvalue weighted by molar-refractivity contribution is -0.117. The van der Waals surface area contributed by atoms with Crippen LogP contribution in [0.5, 0.6) is 0 Å². The van der Waals surface area contributed by atoms with E-state index in [4.69, 9.17) is 0 Å². The molecule has 0 aromatic heterocycles. The Labute approximate surface area is 130 Å². The van der Waals surface area contributed by atoms with Crippen molar-refractivity contribution in [3.63, 3.8) is 0 Å². The van der Waals surface area contributed by atoms with Crippen LogP contribution in [0.1, 0.15) is 6.42 Å². The highest BCUT2D eigenvalue weighted by molar-refractivity contribution is 9.11. The summed E-state index contributed by atoms with van der Waals surface area (Å²) in [5.41, 5.74) is 0.803. The third kappa shape index (κ3) is 4.27. The lowest BCUT2D eigenvalue weighted by Crippen LogP contribution is -2.34. The van der Waals surface area contributed by atoms with Crippen LogP contribution in [0.15, 0.2) is 27.1 Å². The summed E-state index contributed by atoms with van der Waals surface area (Å²) in [6.45, 7) is 2.35. The van der Waals surface area contributed by atoms with E-state index < -0.39 is 0 Å². The molecule has 6 heteroatoms. The Morgan fingerprint density at radius 2 is 2.26 bits per heavy atom. The molecule has 2 rings (SSSR count). The van der Waals surface area contributed by atoms with Gasteiger partial charge in [-0.05, 0) is 47.6 Å². The van der Waals surface area contributed by atoms with Gasteiger partial charge >= 0.3 is 0 Å². The Bertz CT molecular complexity index is 467. The average Bonchev–Trinajstić information content (AvgIpc) is 2.80. The van der Waals surface area contributed by atoms with Gasteiger partial charge in [-0.25, -0.2) is 0 Å². The summed E-state index contributed by atoms with van der Waals surface area (Å²) in [6.07, 6.45) is 1.10. The number of amides is 1. The monoisotopic (exact) mass is 389 g/mol. The van der Waals surface area contributed by atoms with Crippen molar-refractivity contribution in [1.29, 1.82) is 0 Å². The number of carbonyl (C=O) groups excluding carboxylic acids is 1. The Morgan fingerprint density at radius 3 is 2.89 bits per heavy atom. The summed E-state index contributed by atoms with van der Waals surface area (Å²) in [6, 6.07) is 6.22. The van der Waals surface area contributed by atoms with E-state index in [2.05, 4.69) is 47.4 Å². The Kier molecular flexibility index (Phi) is 5.38. The summed E-state index contributed by atoms with van der Waals surface area (Å²) < 4.78 is 1.86. The molecule has 1 heterocycles. The molecule has 1 fully saturated rings. The van der Waals surface area contributed by atoms with Crippen molar-refractivity contribution < 1.29 is 4.79 Å². The number of halogens is 2. The number of nitrogens with zero attached hydrogens (tertiary/aromatic N) is 1. The summed E-state index contributed by atoms with van der Waals surface area (Å²) >= 11 is 6.83. The molecule has 0 aliphatic carbocycles. The minimum Gasteiger partial charge on any atom is -0.324 e. The van der Waals surface area contributed by atoms with Crippen molar-refractivity contribution in [2.75, 3.05) is 32.0 Å². The fourth-order valence-electron chi connectivity index (χ4n) is 2.20. The molecule has 0 spiro atoms. The van der Waals surface area contributed by atoms with Gasteiger partial charge in [0.2, 0.25) is 5.91 Å². The van der Waals surface area contributed by atoms with Crippen molar-refractivity contribution in [2.24, 2.45) is 0 Å². The lowest BCUT2D eigenvalue weighted by Gasteiger charge is -2.16. The number of benzene rings is 1. The van der Waals surface area contributed by atoms with E-state index >= 15 is 0 Å². The van der Waals surface area contributed by atoms with Crippen LogP contribution in [0.25, 0.3) is 0 Å². The zero-order valence-corrected chi connectivity index (χ0v) is 13.9. The SMILES string of the molecule is CNC1CCN(CC(=O)Nc2ccc(Br)cc2Br)C1. The van der Waals surface area contributed by atoms with Gasteiger partial charge in [-0.1, -0.05) is 15.9 Å². The van der Waals surface area contributed by atoms with E-state index in [-0.39, 0.29) is 5.91 Å². The second-order valence-corrected chi connectivity index (χ2v) is 6.45. The van der Waals surface area contributed by atoms with Crippen LogP contribution in [0.3, 0.4) is 0 Å². The lowest BCUT2D eigenvalue weighted by atomic mass is 10.3. The van der Waals surface area contributed by atoms with E-state index in [1.807, 2.05) is 25.2 Å². The van der Waals surface area contributed by atoms with Gasteiger partial charge in [0.25, 0.3) is 0 Å². The molecule has 1 aliphatic heterocycles. The molecular weight excluding hydrogens is 374 g/mol. The first-order chi connectivity index (χ1) is 9.08. The first kappa shape index (κ1) is 15.0. The molecule has 0 radical (unpaired) electrons. The van der Waals surface area contributed by atoms with Crippen molar-refractivity contribution in [1.82, 2.24) is 10.2 Å². The van der Waals surface area contributed by atoms with Crippen LogP contribution in [-0.2, 0) is 4.79 Å². The van der Waals surface area contributed by atoms with E-state index in [1.165, 1.54) is 0 Å². The molecule has 1 saturated heterocycles. The minimum absolute atomic E-state index is 0.0276. The van der Waals surface area contributed by atoms with E-state index in [9.17, 15) is 4.79 Å². The van der Waals surface area contributed by atoms with Crippen LogP contribution < -0.4 is 10.6 Å². The maximum atomic E-state index is 12.0. The zero-order valence-electron chi connectivity index (χ0n) is 10.7. The maximum Gasteiger partial charge on any atom is 0.238 e. The summed E-state index contributed by atoms with van der Waals surface area (Å²) in [4.78, 5) is 14.2. The molecular formula is C13H17Br2N3O. The maximum absolute atomic E-state index is 12.0. The smallest absolute Gasteiger partial charge is 0.238 e. The van der Waals surface area contributed by atoms with Gasteiger partial charge in [0.15, 0.2) is 0 Å². The summed E-state index contributed by atoms with van der Waals surface area (Å²) in [5.74, 6) is 0.0276. The highest BCUT2D eigenvalue weighted by Gasteiger charge is 2.22. The highest BCUT2D eigenvalue weighted by atomic mass is 79.9. The Morgan fingerprint density at radius 1 is 1.47 bits per heavy atom. The van der Waals surface area contributed by atoms with Gasteiger partial charge in [0.1, 0.15) is 0 Å². The molecule has 1 aliphatic rings. The van der Waals surface area contributed by atoms with Crippen LogP contribution in [0.2, 0.25) is 0 Å². The molecule has 1 aromatic rings. The molecule has 4 nitrogen and oxygen atoms in total. The third-order valence-electron chi connectivity index (χ3n) is 3.25. The molecule has 0 bridgehead atoms.